The van der Waals surface area contributed by atoms with Gasteiger partial charge in [0.1, 0.15) is 6.21 Å². The van der Waals surface area contributed by atoms with E-state index in [9.17, 15) is 18.0 Å². The quantitative estimate of drug-likeness (QED) is 0.363. The lowest BCUT2D eigenvalue weighted by Crippen LogP contribution is -2.19. The third-order valence-corrected chi connectivity index (χ3v) is 4.84. The third kappa shape index (κ3) is 5.29. The number of benzene rings is 1. The summed E-state index contributed by atoms with van der Waals surface area (Å²) in [4.78, 5) is 21.3. The lowest BCUT2D eigenvalue weighted by atomic mass is 10.1. The molecule has 0 spiro atoms. The monoisotopic (exact) mass is 442 g/mol. The largest absolute Gasteiger partial charge is 0.415 e. The van der Waals surface area contributed by atoms with E-state index in [1.165, 1.54) is 6.08 Å². The van der Waals surface area contributed by atoms with Gasteiger partial charge in [-0.1, -0.05) is 24.8 Å². The lowest BCUT2D eigenvalue weighted by molar-refractivity contribution is -0.416. The topological polar surface area (TPSA) is 69.9 Å². The average Bonchev–Trinajstić information content (AvgIpc) is 2.73. The van der Waals surface area contributed by atoms with Crippen LogP contribution in [0.25, 0.3) is 0 Å². The van der Waals surface area contributed by atoms with Crippen molar-refractivity contribution in [2.45, 2.75) is 26.1 Å². The molecule has 0 aliphatic carbocycles. The molecule has 2 heterocycles. The summed E-state index contributed by atoms with van der Waals surface area (Å²) in [5.41, 5.74) is 1.29. The number of nitrogens with one attached hydrogen (secondary N) is 2. The highest BCUT2D eigenvalue weighted by Gasteiger charge is 2.30. The normalized spacial score (nSPS) is 14.3. The van der Waals surface area contributed by atoms with Crippen molar-refractivity contribution in [3.05, 3.63) is 77.7 Å². The molecule has 1 aliphatic rings. The fourth-order valence-corrected chi connectivity index (χ4v) is 2.97. The van der Waals surface area contributed by atoms with Crippen molar-refractivity contribution in [2.75, 3.05) is 17.7 Å². The Morgan fingerprint density at radius 2 is 2.03 bits per heavy atom. The molecule has 1 amide bonds. The van der Waals surface area contributed by atoms with Gasteiger partial charge < -0.3 is 10.6 Å². The summed E-state index contributed by atoms with van der Waals surface area (Å²) >= 11 is 0. The zero-order valence-electron chi connectivity index (χ0n) is 17.9. The summed E-state index contributed by atoms with van der Waals surface area (Å²) in [7, 11) is 1.89. The second-order valence-electron chi connectivity index (χ2n) is 7.25. The number of allylic oxidation sites excluding steroid dienone is 3. The Morgan fingerprint density at radius 1 is 1.28 bits per heavy atom. The van der Waals surface area contributed by atoms with Gasteiger partial charge in [0.2, 0.25) is 0 Å². The number of hydrogen-bond donors (Lipinski definition) is 2. The maximum Gasteiger partial charge on any atom is 0.415 e. The number of carbonyl (C=O) groups excluding carboxylic acids is 1. The minimum atomic E-state index is -4.54. The van der Waals surface area contributed by atoms with Crippen LogP contribution >= 0.6 is 0 Å². The Kier molecular flexibility index (Phi) is 6.57. The first-order valence-corrected chi connectivity index (χ1v) is 9.81. The highest BCUT2D eigenvalue weighted by Crippen LogP contribution is 2.26. The molecule has 3 rings (SSSR count). The van der Waals surface area contributed by atoms with E-state index in [1.807, 2.05) is 30.8 Å². The van der Waals surface area contributed by atoms with Crippen LogP contribution in [0.2, 0.25) is 0 Å². The number of carbonyl (C=O) groups is 1. The lowest BCUT2D eigenvalue weighted by Gasteiger charge is -2.15. The zero-order valence-corrected chi connectivity index (χ0v) is 17.9. The van der Waals surface area contributed by atoms with Crippen LogP contribution in [-0.2, 0) is 4.79 Å². The first-order valence-electron chi connectivity index (χ1n) is 9.81. The van der Waals surface area contributed by atoms with Gasteiger partial charge in [-0.2, -0.15) is 13.2 Å². The van der Waals surface area contributed by atoms with E-state index < -0.39 is 17.7 Å². The number of halogens is 3. The number of nitrogens with zero attached hydrogens (tertiary/aromatic N) is 3. The number of alkyl halides is 3. The molecule has 32 heavy (non-hydrogen) atoms. The molecule has 166 valence electrons. The molecular formula is C23H23F3N5O+. The zero-order chi connectivity index (χ0) is 23.5. The van der Waals surface area contributed by atoms with Crippen LogP contribution in [0.1, 0.15) is 31.1 Å². The summed E-state index contributed by atoms with van der Waals surface area (Å²) in [6.45, 7) is 6.48. The minimum absolute atomic E-state index is 0.0882. The van der Waals surface area contributed by atoms with E-state index in [0.717, 1.165) is 29.2 Å². The summed E-state index contributed by atoms with van der Waals surface area (Å²) in [6.07, 6.45) is 2.31. The number of amides is 1. The standard InChI is InChI=1S/C23H22F3N5O/c1-5-16(10-9-14(2)23(24,25)26)22(32)29-18-8-6-7-17(11-18)15(3)28-20-12-27-19-13-31(4)21(19)30-20/h5-13,15H,2H2,1,3-4H3,(H,29,32)/p+1/b10-9-,16-5+. The van der Waals surface area contributed by atoms with Gasteiger partial charge in [-0.15, -0.1) is 0 Å². The number of hydrogen-bond acceptors (Lipinski definition) is 4. The summed E-state index contributed by atoms with van der Waals surface area (Å²) in [5.74, 6) is 0.893. The first-order chi connectivity index (χ1) is 15.1. The van der Waals surface area contributed by atoms with Gasteiger partial charge in [-0.3, -0.25) is 4.79 Å². The Balaban J connectivity index is 1.67. The van der Waals surface area contributed by atoms with E-state index in [0.29, 0.717) is 11.5 Å². The van der Waals surface area contributed by atoms with Crippen molar-refractivity contribution in [1.82, 2.24) is 9.97 Å². The molecule has 0 saturated carbocycles. The second-order valence-corrected chi connectivity index (χ2v) is 7.25. The summed E-state index contributed by atoms with van der Waals surface area (Å²) < 4.78 is 39.7. The molecule has 1 aromatic carbocycles. The molecule has 1 aromatic heterocycles. The van der Waals surface area contributed by atoms with Crippen molar-refractivity contribution >= 4 is 29.4 Å². The van der Waals surface area contributed by atoms with Gasteiger partial charge in [0.05, 0.1) is 19.3 Å². The van der Waals surface area contributed by atoms with Crippen molar-refractivity contribution in [1.29, 1.82) is 0 Å². The van der Waals surface area contributed by atoms with E-state index in [-0.39, 0.29) is 11.6 Å². The predicted octanol–water partition coefficient (Wildman–Crippen LogP) is 4.92. The molecule has 2 N–H and O–H groups in total. The molecule has 0 saturated heterocycles. The molecule has 1 atom stereocenters. The second kappa shape index (κ2) is 9.17. The molecule has 6 nitrogen and oxygen atoms in total. The fraction of sp³-hybridized carbons (Fsp3) is 0.217. The Hall–Kier alpha value is -3.75. The van der Waals surface area contributed by atoms with Crippen LogP contribution in [0.3, 0.4) is 0 Å². The molecular weight excluding hydrogens is 419 g/mol. The van der Waals surface area contributed by atoms with Crippen LogP contribution in [-0.4, -0.2) is 39.9 Å². The van der Waals surface area contributed by atoms with Crippen LogP contribution in [0.5, 0.6) is 0 Å². The Bertz CT molecular complexity index is 1150. The van der Waals surface area contributed by atoms with Crippen LogP contribution < -0.4 is 10.6 Å². The van der Waals surface area contributed by atoms with Crippen LogP contribution in [0, 0.1) is 0 Å². The van der Waals surface area contributed by atoms with Crippen molar-refractivity contribution < 1.29 is 22.5 Å². The van der Waals surface area contributed by atoms with E-state index >= 15 is 0 Å². The number of fused-ring (bicyclic) bond motifs is 1. The number of anilines is 2. The molecule has 0 fully saturated rings. The van der Waals surface area contributed by atoms with Crippen molar-refractivity contribution in [2.24, 2.45) is 0 Å². The van der Waals surface area contributed by atoms with Crippen molar-refractivity contribution in [3.63, 3.8) is 0 Å². The van der Waals surface area contributed by atoms with Gasteiger partial charge >= 0.3 is 12.0 Å². The maximum atomic E-state index is 12.6. The van der Waals surface area contributed by atoms with E-state index in [2.05, 4.69) is 27.2 Å². The number of rotatable bonds is 7. The molecule has 0 radical (unpaired) electrons. The van der Waals surface area contributed by atoms with E-state index in [1.54, 1.807) is 31.3 Å². The number of aromatic nitrogens is 2. The highest BCUT2D eigenvalue weighted by molar-refractivity contribution is 6.05. The maximum absolute atomic E-state index is 12.6. The minimum Gasteiger partial charge on any atom is -0.342 e. The van der Waals surface area contributed by atoms with Gasteiger partial charge in [0, 0.05) is 16.8 Å². The molecule has 1 aliphatic heterocycles. The molecule has 1 unspecified atom stereocenters. The predicted molar refractivity (Wildman–Crippen MR) is 118 cm³/mol. The summed E-state index contributed by atoms with van der Waals surface area (Å²) in [6, 6.07) is 7.03. The Labute approximate surface area is 183 Å². The van der Waals surface area contributed by atoms with Gasteiger partial charge in [-0.05, 0) is 48.7 Å². The van der Waals surface area contributed by atoms with Crippen molar-refractivity contribution in [3.8, 4) is 0 Å². The smallest absolute Gasteiger partial charge is 0.342 e. The van der Waals surface area contributed by atoms with Gasteiger partial charge in [-0.25, -0.2) is 9.56 Å². The average molecular weight is 442 g/mol. The first kappa shape index (κ1) is 22.9. The molecule has 2 aromatic rings. The van der Waals surface area contributed by atoms with Gasteiger partial charge in [0.15, 0.2) is 5.69 Å². The fourth-order valence-electron chi connectivity index (χ4n) is 2.97. The van der Waals surface area contributed by atoms with Crippen LogP contribution in [0.15, 0.2) is 66.4 Å². The van der Waals surface area contributed by atoms with Crippen LogP contribution in [0.4, 0.5) is 30.5 Å². The SMILES string of the molecule is C=C(/C=C\C(=C/C)C(=O)Nc1cccc(C(C)Nc2cnc3c(n2)[N+](C)=C3)c1)C(F)(F)F. The van der Waals surface area contributed by atoms with Gasteiger partial charge in [0.25, 0.3) is 11.7 Å². The third-order valence-electron chi connectivity index (χ3n) is 4.84. The summed E-state index contributed by atoms with van der Waals surface area (Å²) in [5, 5.41) is 5.99. The molecule has 0 bridgehead atoms. The highest BCUT2D eigenvalue weighted by atomic mass is 19.4. The Morgan fingerprint density at radius 3 is 2.69 bits per heavy atom. The van der Waals surface area contributed by atoms with E-state index in [4.69, 9.17) is 0 Å². The molecule has 9 heteroatoms.